The summed E-state index contributed by atoms with van der Waals surface area (Å²) in [5.74, 6) is 0.0594. The first-order valence-electron chi connectivity index (χ1n) is 6.12. The van der Waals surface area contributed by atoms with Crippen LogP contribution in [0.25, 0.3) is 5.69 Å². The van der Waals surface area contributed by atoms with Crippen LogP contribution in [0.2, 0.25) is 0 Å². The molecule has 0 saturated carbocycles. The number of aryl methyl sites for hydroxylation is 1. The van der Waals surface area contributed by atoms with Crippen LogP contribution in [0, 0.1) is 6.92 Å². The van der Waals surface area contributed by atoms with Gasteiger partial charge in [-0.05, 0) is 30.5 Å². The first-order chi connectivity index (χ1) is 9.74. The molecule has 2 heterocycles. The van der Waals surface area contributed by atoms with Gasteiger partial charge in [0.25, 0.3) is 0 Å². The number of carbonyl (C=O) groups is 1. The van der Waals surface area contributed by atoms with Crippen molar-refractivity contribution in [2.75, 3.05) is 0 Å². The minimum absolute atomic E-state index is 0.364. The minimum Gasteiger partial charge on any atom is -0.403 e. The lowest BCUT2D eigenvalue weighted by atomic mass is 10.3. The number of hydrogen-bond acceptors (Lipinski definition) is 4. The highest BCUT2D eigenvalue weighted by molar-refractivity contribution is 7.12. The van der Waals surface area contributed by atoms with Gasteiger partial charge < -0.3 is 4.74 Å². The molecule has 0 radical (unpaired) electrons. The summed E-state index contributed by atoms with van der Waals surface area (Å²) >= 11 is 1.35. The van der Waals surface area contributed by atoms with Crippen LogP contribution in [0.4, 0.5) is 0 Å². The first-order valence-corrected chi connectivity index (χ1v) is 7.00. The standard InChI is InChI=1S/C15H12N2O2S/c1-11-10-14(19-15(18)13-8-5-9-20-13)17(16-11)12-6-3-2-4-7-12/h2-10H,1H3. The van der Waals surface area contributed by atoms with Gasteiger partial charge in [-0.15, -0.1) is 11.3 Å². The molecule has 0 unspecified atom stereocenters. The van der Waals surface area contributed by atoms with Crippen molar-refractivity contribution in [3.8, 4) is 11.6 Å². The molecule has 0 atom stereocenters. The second kappa shape index (κ2) is 5.30. The number of carbonyl (C=O) groups excluding carboxylic acids is 1. The van der Waals surface area contributed by atoms with Crippen molar-refractivity contribution >= 4 is 17.3 Å². The molecule has 0 bridgehead atoms. The number of ether oxygens (including phenoxy) is 1. The number of para-hydroxylation sites is 1. The molecule has 0 fully saturated rings. The average molecular weight is 284 g/mol. The van der Waals surface area contributed by atoms with E-state index in [1.54, 1.807) is 16.8 Å². The van der Waals surface area contributed by atoms with Crippen molar-refractivity contribution < 1.29 is 9.53 Å². The van der Waals surface area contributed by atoms with Crippen molar-refractivity contribution in [2.45, 2.75) is 6.92 Å². The zero-order valence-corrected chi connectivity index (χ0v) is 11.6. The lowest BCUT2D eigenvalue weighted by Crippen LogP contribution is -2.10. The maximum atomic E-state index is 12.0. The summed E-state index contributed by atoms with van der Waals surface area (Å²) in [5.41, 5.74) is 1.65. The minimum atomic E-state index is -0.364. The highest BCUT2D eigenvalue weighted by Crippen LogP contribution is 2.21. The Bertz CT molecular complexity index is 718. The number of hydrogen-bond donors (Lipinski definition) is 0. The van der Waals surface area contributed by atoms with E-state index >= 15 is 0 Å². The fourth-order valence-electron chi connectivity index (χ4n) is 1.84. The van der Waals surface area contributed by atoms with Crippen molar-refractivity contribution in [3.63, 3.8) is 0 Å². The van der Waals surface area contributed by atoms with Gasteiger partial charge in [-0.3, -0.25) is 0 Å². The third-order valence-electron chi connectivity index (χ3n) is 2.72. The van der Waals surface area contributed by atoms with Gasteiger partial charge in [-0.1, -0.05) is 24.3 Å². The Labute approximate surface area is 120 Å². The first kappa shape index (κ1) is 12.6. The van der Waals surface area contributed by atoms with Crippen LogP contribution >= 0.6 is 11.3 Å². The fraction of sp³-hybridized carbons (Fsp3) is 0.0667. The van der Waals surface area contributed by atoms with Gasteiger partial charge in [0.05, 0.1) is 11.4 Å². The van der Waals surface area contributed by atoms with Gasteiger partial charge in [0, 0.05) is 6.07 Å². The topological polar surface area (TPSA) is 44.1 Å². The lowest BCUT2D eigenvalue weighted by molar-refractivity contribution is 0.0728. The Morgan fingerprint density at radius 1 is 1.20 bits per heavy atom. The molecule has 3 aromatic rings. The molecule has 0 N–H and O–H groups in total. The van der Waals surface area contributed by atoms with E-state index in [1.165, 1.54) is 11.3 Å². The molecule has 20 heavy (non-hydrogen) atoms. The number of thiophene rings is 1. The number of benzene rings is 1. The summed E-state index contributed by atoms with van der Waals surface area (Å²) in [7, 11) is 0. The molecule has 0 aliphatic heterocycles. The fourth-order valence-corrected chi connectivity index (χ4v) is 2.44. The predicted molar refractivity (Wildman–Crippen MR) is 77.6 cm³/mol. The van der Waals surface area contributed by atoms with Crippen molar-refractivity contribution in [1.82, 2.24) is 9.78 Å². The van der Waals surface area contributed by atoms with Crippen LogP contribution < -0.4 is 4.74 Å². The highest BCUT2D eigenvalue weighted by atomic mass is 32.1. The Hall–Kier alpha value is -2.40. The molecule has 5 heteroatoms. The lowest BCUT2D eigenvalue weighted by Gasteiger charge is -2.06. The number of esters is 1. The Morgan fingerprint density at radius 3 is 2.70 bits per heavy atom. The summed E-state index contributed by atoms with van der Waals surface area (Å²) < 4.78 is 7.06. The van der Waals surface area contributed by atoms with E-state index in [4.69, 9.17) is 4.74 Å². The van der Waals surface area contributed by atoms with Crippen LogP contribution in [-0.4, -0.2) is 15.7 Å². The predicted octanol–water partition coefficient (Wildman–Crippen LogP) is 3.46. The van der Waals surface area contributed by atoms with Crippen molar-refractivity contribution in [2.24, 2.45) is 0 Å². The molecule has 100 valence electrons. The largest absolute Gasteiger partial charge is 0.403 e. The van der Waals surface area contributed by atoms with Crippen LogP contribution in [0.15, 0.2) is 53.9 Å². The summed E-state index contributed by atoms with van der Waals surface area (Å²) in [6.07, 6.45) is 0. The molecule has 2 aromatic heterocycles. The van der Waals surface area contributed by atoms with E-state index in [1.807, 2.05) is 48.7 Å². The zero-order valence-electron chi connectivity index (χ0n) is 10.8. The summed E-state index contributed by atoms with van der Waals surface area (Å²) in [4.78, 5) is 12.6. The van der Waals surface area contributed by atoms with Gasteiger partial charge in [-0.2, -0.15) is 5.10 Å². The van der Waals surface area contributed by atoms with E-state index in [-0.39, 0.29) is 5.97 Å². The van der Waals surface area contributed by atoms with E-state index in [0.29, 0.717) is 10.8 Å². The van der Waals surface area contributed by atoms with Crippen LogP contribution in [0.1, 0.15) is 15.4 Å². The molecule has 0 amide bonds. The zero-order chi connectivity index (χ0) is 13.9. The number of rotatable bonds is 3. The highest BCUT2D eigenvalue weighted by Gasteiger charge is 2.15. The monoisotopic (exact) mass is 284 g/mol. The number of aromatic nitrogens is 2. The molecular formula is C15H12N2O2S. The van der Waals surface area contributed by atoms with Crippen molar-refractivity contribution in [1.29, 1.82) is 0 Å². The molecule has 0 aliphatic rings. The molecule has 0 saturated heterocycles. The van der Waals surface area contributed by atoms with Gasteiger partial charge in [0.15, 0.2) is 0 Å². The van der Waals surface area contributed by atoms with Gasteiger partial charge in [0.2, 0.25) is 5.88 Å². The Balaban J connectivity index is 1.93. The third kappa shape index (κ3) is 2.48. The quantitative estimate of drug-likeness (QED) is 0.692. The summed E-state index contributed by atoms with van der Waals surface area (Å²) in [6, 6.07) is 14.9. The van der Waals surface area contributed by atoms with Crippen LogP contribution in [0.3, 0.4) is 0 Å². The van der Waals surface area contributed by atoms with Crippen LogP contribution in [-0.2, 0) is 0 Å². The Morgan fingerprint density at radius 2 is 2.00 bits per heavy atom. The smallest absolute Gasteiger partial charge is 0.355 e. The maximum absolute atomic E-state index is 12.0. The van der Waals surface area contributed by atoms with Gasteiger partial charge >= 0.3 is 5.97 Å². The molecule has 0 aliphatic carbocycles. The second-order valence-corrected chi connectivity index (χ2v) is 5.19. The molecule has 1 aromatic carbocycles. The molecule has 0 spiro atoms. The molecule has 3 rings (SSSR count). The Kier molecular flexibility index (Phi) is 3.35. The van der Waals surface area contributed by atoms with Gasteiger partial charge in [0.1, 0.15) is 4.88 Å². The number of nitrogens with zero attached hydrogens (tertiary/aromatic N) is 2. The summed E-state index contributed by atoms with van der Waals surface area (Å²) in [6.45, 7) is 1.86. The third-order valence-corrected chi connectivity index (χ3v) is 3.57. The average Bonchev–Trinajstić information content (AvgIpc) is 3.09. The van der Waals surface area contributed by atoms with E-state index < -0.39 is 0 Å². The second-order valence-electron chi connectivity index (χ2n) is 4.24. The van der Waals surface area contributed by atoms with E-state index in [0.717, 1.165) is 11.4 Å². The SMILES string of the molecule is Cc1cc(OC(=O)c2cccs2)n(-c2ccccc2)n1. The van der Waals surface area contributed by atoms with E-state index in [9.17, 15) is 4.79 Å². The maximum Gasteiger partial charge on any atom is 0.355 e. The summed E-state index contributed by atoms with van der Waals surface area (Å²) in [5, 5.41) is 6.20. The normalized spacial score (nSPS) is 10.4. The van der Waals surface area contributed by atoms with Gasteiger partial charge in [-0.25, -0.2) is 9.48 Å². The van der Waals surface area contributed by atoms with Crippen molar-refractivity contribution in [3.05, 3.63) is 64.5 Å². The molecular weight excluding hydrogens is 272 g/mol. The van der Waals surface area contributed by atoms with Crippen LogP contribution in [0.5, 0.6) is 5.88 Å². The molecule has 4 nitrogen and oxygen atoms in total. The van der Waals surface area contributed by atoms with E-state index in [2.05, 4.69) is 5.10 Å².